The Bertz CT molecular complexity index is 508. The number of rotatable bonds is 1. The Hall–Kier alpha value is -1.83. The number of nitrogens with zero attached hydrogens (tertiary/aromatic N) is 2. The van der Waals surface area contributed by atoms with Gasteiger partial charge in [-0.25, -0.2) is 9.78 Å². The molecule has 0 bridgehead atoms. The van der Waals surface area contributed by atoms with Crippen molar-refractivity contribution < 1.29 is 19.1 Å². The van der Waals surface area contributed by atoms with Gasteiger partial charge in [0, 0.05) is 13.2 Å². The van der Waals surface area contributed by atoms with E-state index in [4.69, 9.17) is 15.2 Å². The van der Waals surface area contributed by atoms with E-state index in [1.165, 1.54) is 18.1 Å². The maximum absolute atomic E-state index is 12.0. The van der Waals surface area contributed by atoms with E-state index in [-0.39, 0.29) is 6.61 Å². The van der Waals surface area contributed by atoms with Gasteiger partial charge in [-0.2, -0.15) is 0 Å². The molecule has 1 atom stereocenters. The first kappa shape index (κ1) is 12.6. The Balaban J connectivity index is 2.36. The maximum atomic E-state index is 12.0. The summed E-state index contributed by atoms with van der Waals surface area (Å²) in [4.78, 5) is 28.1. The monoisotopic (exact) mass is 315 g/mol. The van der Waals surface area contributed by atoms with Crippen LogP contribution >= 0.6 is 15.9 Å². The van der Waals surface area contributed by atoms with Crippen molar-refractivity contribution in [2.75, 3.05) is 18.6 Å². The standard InChI is InChI=1S/C10H10BrN3O4/c1-14-8-7(5(11)2-3-13-8)17-4-6(9(14)15)18-10(12)16/h2-3,6H,4H2,1H3,(H2,12,16). The van der Waals surface area contributed by atoms with Gasteiger partial charge in [0.25, 0.3) is 5.91 Å². The van der Waals surface area contributed by atoms with Gasteiger partial charge in [-0.15, -0.1) is 0 Å². The van der Waals surface area contributed by atoms with Gasteiger partial charge in [0.1, 0.15) is 6.61 Å². The minimum atomic E-state index is -1.08. The number of carbonyl (C=O) groups excluding carboxylic acids is 2. The molecule has 1 aliphatic rings. The lowest BCUT2D eigenvalue weighted by Crippen LogP contribution is -2.41. The van der Waals surface area contributed by atoms with Crippen LogP contribution < -0.4 is 15.4 Å². The van der Waals surface area contributed by atoms with Crippen LogP contribution in [0.1, 0.15) is 0 Å². The summed E-state index contributed by atoms with van der Waals surface area (Å²) in [7, 11) is 1.52. The number of aromatic nitrogens is 1. The van der Waals surface area contributed by atoms with Crippen molar-refractivity contribution in [1.82, 2.24) is 4.98 Å². The lowest BCUT2D eigenvalue weighted by molar-refractivity contribution is -0.127. The van der Waals surface area contributed by atoms with E-state index in [0.29, 0.717) is 16.0 Å². The van der Waals surface area contributed by atoms with Crippen LogP contribution in [0.25, 0.3) is 0 Å². The molecule has 0 saturated heterocycles. The zero-order chi connectivity index (χ0) is 13.3. The summed E-state index contributed by atoms with van der Waals surface area (Å²) >= 11 is 3.30. The van der Waals surface area contributed by atoms with Gasteiger partial charge in [0.2, 0.25) is 6.10 Å². The molecular weight excluding hydrogens is 306 g/mol. The molecule has 0 aromatic carbocycles. The van der Waals surface area contributed by atoms with E-state index in [2.05, 4.69) is 20.9 Å². The zero-order valence-corrected chi connectivity index (χ0v) is 11.0. The molecule has 96 valence electrons. The Morgan fingerprint density at radius 3 is 3.11 bits per heavy atom. The number of nitrogens with two attached hydrogens (primary N) is 1. The molecule has 1 aliphatic heterocycles. The van der Waals surface area contributed by atoms with Crippen molar-refractivity contribution in [3.8, 4) is 5.75 Å². The molecule has 1 aromatic heterocycles. The highest BCUT2D eigenvalue weighted by Gasteiger charge is 2.33. The number of ether oxygens (including phenoxy) is 2. The minimum absolute atomic E-state index is 0.108. The molecule has 18 heavy (non-hydrogen) atoms. The van der Waals surface area contributed by atoms with Gasteiger partial charge in [-0.3, -0.25) is 9.69 Å². The molecule has 2 amide bonds. The van der Waals surface area contributed by atoms with Gasteiger partial charge < -0.3 is 15.2 Å². The van der Waals surface area contributed by atoms with E-state index in [1.807, 2.05) is 0 Å². The van der Waals surface area contributed by atoms with Crippen molar-refractivity contribution in [2.45, 2.75) is 6.10 Å². The van der Waals surface area contributed by atoms with Crippen molar-refractivity contribution in [2.24, 2.45) is 5.73 Å². The number of anilines is 1. The number of halogens is 1. The second-order valence-electron chi connectivity index (χ2n) is 3.58. The van der Waals surface area contributed by atoms with Crippen molar-refractivity contribution in [3.05, 3.63) is 16.7 Å². The summed E-state index contributed by atoms with van der Waals surface area (Å²) in [5, 5.41) is 0. The zero-order valence-electron chi connectivity index (χ0n) is 9.42. The summed E-state index contributed by atoms with van der Waals surface area (Å²) < 4.78 is 10.8. The van der Waals surface area contributed by atoms with Crippen molar-refractivity contribution >= 4 is 33.7 Å². The average Bonchev–Trinajstić information content (AvgIpc) is 2.43. The second kappa shape index (κ2) is 4.81. The first-order valence-corrected chi connectivity index (χ1v) is 5.81. The molecule has 8 heteroatoms. The smallest absolute Gasteiger partial charge is 0.405 e. The molecule has 0 radical (unpaired) electrons. The third kappa shape index (κ3) is 2.23. The lowest BCUT2D eigenvalue weighted by atomic mass is 10.3. The largest absolute Gasteiger partial charge is 0.484 e. The molecule has 0 spiro atoms. The van der Waals surface area contributed by atoms with Crippen LogP contribution in [0.4, 0.5) is 10.6 Å². The first-order valence-electron chi connectivity index (χ1n) is 5.01. The van der Waals surface area contributed by atoms with Gasteiger partial charge in [-0.1, -0.05) is 0 Å². The van der Waals surface area contributed by atoms with Gasteiger partial charge in [0.05, 0.1) is 4.47 Å². The van der Waals surface area contributed by atoms with E-state index in [1.54, 1.807) is 6.07 Å². The van der Waals surface area contributed by atoms with Crippen molar-refractivity contribution in [3.63, 3.8) is 0 Å². The Labute approximate surface area is 111 Å². The quantitative estimate of drug-likeness (QED) is 0.821. The minimum Gasteiger partial charge on any atom is -0.484 e. The summed E-state index contributed by atoms with van der Waals surface area (Å²) in [6, 6.07) is 1.69. The number of primary amides is 1. The van der Waals surface area contributed by atoms with E-state index in [0.717, 1.165) is 0 Å². The fourth-order valence-corrected chi connectivity index (χ4v) is 1.97. The SMILES string of the molecule is CN1C(=O)C(OC(N)=O)COc2c(Br)ccnc21. The third-order valence-electron chi connectivity index (χ3n) is 2.40. The van der Waals surface area contributed by atoms with E-state index < -0.39 is 18.1 Å². The predicted molar refractivity (Wildman–Crippen MR) is 65.3 cm³/mol. The highest BCUT2D eigenvalue weighted by Crippen LogP contribution is 2.35. The molecule has 2 N–H and O–H groups in total. The van der Waals surface area contributed by atoms with Crippen LogP contribution in [0.3, 0.4) is 0 Å². The normalized spacial score (nSPS) is 18.7. The molecule has 0 saturated carbocycles. The van der Waals surface area contributed by atoms with Crippen LogP contribution in [-0.4, -0.2) is 36.7 Å². The molecule has 0 fully saturated rings. The molecule has 1 aromatic rings. The van der Waals surface area contributed by atoms with Crippen LogP contribution in [0.15, 0.2) is 16.7 Å². The fraction of sp³-hybridized carbons (Fsp3) is 0.300. The number of pyridine rings is 1. The Morgan fingerprint density at radius 1 is 1.72 bits per heavy atom. The second-order valence-corrected chi connectivity index (χ2v) is 4.43. The van der Waals surface area contributed by atoms with Crippen LogP contribution in [0, 0.1) is 0 Å². The molecular formula is C10H10BrN3O4. The number of likely N-dealkylation sites (N-methyl/N-ethyl adjacent to an activating group) is 1. The highest BCUT2D eigenvalue weighted by molar-refractivity contribution is 9.10. The topological polar surface area (TPSA) is 94.8 Å². The maximum Gasteiger partial charge on any atom is 0.405 e. The molecule has 2 rings (SSSR count). The summed E-state index contributed by atoms with van der Waals surface area (Å²) in [6.07, 6.45) is -0.567. The van der Waals surface area contributed by atoms with Gasteiger partial charge >= 0.3 is 6.09 Å². The third-order valence-corrected chi connectivity index (χ3v) is 3.02. The predicted octanol–water partition coefficient (Wildman–Crippen LogP) is 0.663. The molecule has 1 unspecified atom stereocenters. The summed E-state index contributed by atoms with van der Waals surface area (Å²) in [5.74, 6) is 0.326. The number of carbonyl (C=O) groups is 2. The van der Waals surface area contributed by atoms with E-state index in [9.17, 15) is 9.59 Å². The molecule has 7 nitrogen and oxygen atoms in total. The van der Waals surface area contributed by atoms with Crippen LogP contribution in [-0.2, 0) is 9.53 Å². The van der Waals surface area contributed by atoms with Gasteiger partial charge in [0.15, 0.2) is 11.6 Å². The van der Waals surface area contributed by atoms with E-state index >= 15 is 0 Å². The average molecular weight is 316 g/mol. The summed E-state index contributed by atoms with van der Waals surface area (Å²) in [6.45, 7) is -0.108. The number of hydrogen-bond donors (Lipinski definition) is 1. The lowest BCUT2D eigenvalue weighted by Gasteiger charge is -2.17. The highest BCUT2D eigenvalue weighted by atomic mass is 79.9. The first-order chi connectivity index (χ1) is 8.50. The number of hydrogen-bond acceptors (Lipinski definition) is 5. The van der Waals surface area contributed by atoms with Gasteiger partial charge in [-0.05, 0) is 22.0 Å². The Kier molecular flexibility index (Phi) is 3.37. The molecule has 0 aliphatic carbocycles. The summed E-state index contributed by atoms with van der Waals surface area (Å²) in [5.41, 5.74) is 4.90. The fourth-order valence-electron chi connectivity index (χ4n) is 1.56. The Morgan fingerprint density at radius 2 is 2.44 bits per heavy atom. The van der Waals surface area contributed by atoms with Crippen LogP contribution in [0.2, 0.25) is 0 Å². The number of amides is 2. The molecule has 2 heterocycles. The van der Waals surface area contributed by atoms with Crippen molar-refractivity contribution in [1.29, 1.82) is 0 Å². The number of fused-ring (bicyclic) bond motifs is 1. The van der Waals surface area contributed by atoms with Crippen LogP contribution in [0.5, 0.6) is 5.75 Å².